The molecule has 0 unspecified atom stereocenters. The number of rotatable bonds is 4. The third kappa shape index (κ3) is 3.92. The van der Waals surface area contributed by atoms with Crippen LogP contribution in [0.15, 0.2) is 41.1 Å². The highest BCUT2D eigenvalue weighted by molar-refractivity contribution is 8.13. The van der Waals surface area contributed by atoms with Crippen molar-refractivity contribution < 1.29 is 27.9 Å². The van der Waals surface area contributed by atoms with Gasteiger partial charge in [0.15, 0.2) is 5.83 Å². The smallest absolute Gasteiger partial charge is 0.336 e. The van der Waals surface area contributed by atoms with E-state index in [0.717, 1.165) is 0 Å². The summed E-state index contributed by atoms with van der Waals surface area (Å²) in [5, 5.41) is 7.93. The molecule has 1 N–H and O–H groups in total. The predicted molar refractivity (Wildman–Crippen MR) is 59.2 cm³/mol. The number of carbonyl (C=O) groups is 2. The molecule has 0 aromatic heterocycles. The van der Waals surface area contributed by atoms with Crippen LogP contribution in [0.2, 0.25) is 0 Å². The number of thioether (sulfide) groups is 1. The first-order valence-electron chi connectivity index (χ1n) is 4.64. The highest BCUT2D eigenvalue weighted by Gasteiger charge is 2.16. The van der Waals surface area contributed by atoms with E-state index in [4.69, 9.17) is 5.11 Å². The van der Waals surface area contributed by atoms with E-state index in [9.17, 15) is 22.8 Å². The van der Waals surface area contributed by atoms with Crippen molar-refractivity contribution in [3.05, 3.63) is 41.7 Å². The molecule has 0 aliphatic heterocycles. The molecular formula is C11H7F3O3S. The molecule has 0 heterocycles. The molecule has 0 spiro atoms. The quantitative estimate of drug-likeness (QED) is 0.855. The Balaban J connectivity index is 2.83. The third-order valence-electron chi connectivity index (χ3n) is 1.85. The fourth-order valence-electron chi connectivity index (χ4n) is 1.08. The zero-order chi connectivity index (χ0) is 13.7. The molecule has 18 heavy (non-hydrogen) atoms. The van der Waals surface area contributed by atoms with Gasteiger partial charge < -0.3 is 5.11 Å². The molecular weight excluding hydrogens is 269 g/mol. The Morgan fingerprint density at radius 2 is 1.78 bits per heavy atom. The van der Waals surface area contributed by atoms with E-state index in [2.05, 4.69) is 0 Å². The number of carbonyl (C=O) groups excluding carboxylic acids is 1. The van der Waals surface area contributed by atoms with Crippen LogP contribution in [0.5, 0.6) is 0 Å². The molecule has 0 atom stereocenters. The van der Waals surface area contributed by atoms with Crippen molar-refractivity contribution in [2.24, 2.45) is 0 Å². The number of aromatic carboxylic acids is 1. The maximum Gasteiger partial charge on any atom is 0.336 e. The zero-order valence-corrected chi connectivity index (χ0v) is 9.64. The summed E-state index contributed by atoms with van der Waals surface area (Å²) in [4.78, 5) is 22.2. The molecule has 0 bridgehead atoms. The van der Waals surface area contributed by atoms with E-state index in [1.165, 1.54) is 24.3 Å². The van der Waals surface area contributed by atoms with Gasteiger partial charge in [-0.25, -0.2) is 9.18 Å². The summed E-state index contributed by atoms with van der Waals surface area (Å²) in [6, 6.07) is 5.56. The molecule has 96 valence electrons. The van der Waals surface area contributed by atoms with Gasteiger partial charge in [0, 0.05) is 4.90 Å². The van der Waals surface area contributed by atoms with Gasteiger partial charge in [0.2, 0.25) is 5.12 Å². The Labute approximate surface area is 104 Å². The third-order valence-corrected chi connectivity index (χ3v) is 2.79. The van der Waals surface area contributed by atoms with Crippen LogP contribution in [0.25, 0.3) is 0 Å². The summed E-state index contributed by atoms with van der Waals surface area (Å²) < 4.78 is 36.1. The van der Waals surface area contributed by atoms with Crippen molar-refractivity contribution in [3.8, 4) is 0 Å². The molecule has 0 aliphatic carbocycles. The van der Waals surface area contributed by atoms with Crippen LogP contribution in [0.3, 0.4) is 0 Å². The first kappa shape index (κ1) is 14.3. The molecule has 1 rings (SSSR count). The molecule has 0 radical (unpaired) electrons. The first-order valence-corrected chi connectivity index (χ1v) is 5.46. The minimum absolute atomic E-state index is 0.0852. The van der Waals surface area contributed by atoms with Gasteiger partial charge in [-0.2, -0.15) is 8.78 Å². The second-order valence-corrected chi connectivity index (χ2v) is 4.22. The Morgan fingerprint density at radius 1 is 1.17 bits per heavy atom. The van der Waals surface area contributed by atoms with Crippen LogP contribution in [0.4, 0.5) is 13.2 Å². The van der Waals surface area contributed by atoms with Crippen LogP contribution >= 0.6 is 11.8 Å². The van der Waals surface area contributed by atoms with Crippen molar-refractivity contribution >= 4 is 22.8 Å². The molecule has 1 aromatic rings. The Hall–Kier alpha value is -1.76. The van der Waals surface area contributed by atoms with Crippen LogP contribution in [-0.2, 0) is 4.79 Å². The summed E-state index contributed by atoms with van der Waals surface area (Å²) in [6.07, 6.45) is -3.61. The van der Waals surface area contributed by atoms with Gasteiger partial charge in [-0.05, 0) is 12.1 Å². The summed E-state index contributed by atoms with van der Waals surface area (Å²) in [5.41, 5.74) is -0.138. The van der Waals surface area contributed by atoms with Gasteiger partial charge in [0.1, 0.15) is 0 Å². The summed E-state index contributed by atoms with van der Waals surface area (Å²) in [7, 11) is 0. The normalized spacial score (nSPS) is 9.94. The van der Waals surface area contributed by atoms with Gasteiger partial charge in [-0.1, -0.05) is 23.9 Å². The minimum atomic E-state index is -2.55. The number of benzene rings is 1. The van der Waals surface area contributed by atoms with Crippen LogP contribution in [0.1, 0.15) is 16.8 Å². The van der Waals surface area contributed by atoms with Crippen LogP contribution in [0, 0.1) is 0 Å². The Kier molecular flexibility index (Phi) is 4.96. The average molecular weight is 276 g/mol. The van der Waals surface area contributed by atoms with Gasteiger partial charge in [0.05, 0.1) is 12.0 Å². The van der Waals surface area contributed by atoms with E-state index < -0.39 is 29.4 Å². The number of halogens is 3. The number of carboxylic acids is 1. The average Bonchev–Trinajstić information content (AvgIpc) is 2.28. The zero-order valence-electron chi connectivity index (χ0n) is 8.82. The molecule has 0 fully saturated rings. The van der Waals surface area contributed by atoms with Crippen molar-refractivity contribution in [2.75, 3.05) is 0 Å². The molecule has 1 aromatic carbocycles. The van der Waals surface area contributed by atoms with Gasteiger partial charge >= 0.3 is 12.0 Å². The number of allylic oxidation sites excluding steroid dienone is 1. The van der Waals surface area contributed by atoms with Gasteiger partial charge in [0.25, 0.3) is 0 Å². The number of carboxylic acid groups (broad SMARTS) is 1. The van der Waals surface area contributed by atoms with Crippen molar-refractivity contribution in [2.45, 2.75) is 11.3 Å². The molecule has 0 amide bonds. The maximum absolute atomic E-state index is 12.5. The lowest BCUT2D eigenvalue weighted by molar-refractivity contribution is -0.110. The highest BCUT2D eigenvalue weighted by Crippen LogP contribution is 2.27. The first-order chi connectivity index (χ1) is 8.41. The standard InChI is InChI=1S/C11H7F3O3S/c12-7(10(13)14)5-9(15)18-8-4-2-1-3-6(8)11(16)17/h1-4H,5H2,(H,16,17). The van der Waals surface area contributed by atoms with Gasteiger partial charge in [-0.3, -0.25) is 4.79 Å². The lowest BCUT2D eigenvalue weighted by atomic mass is 10.2. The minimum Gasteiger partial charge on any atom is -0.478 e. The highest BCUT2D eigenvalue weighted by atomic mass is 32.2. The molecule has 0 saturated heterocycles. The van der Waals surface area contributed by atoms with Crippen molar-refractivity contribution in [1.29, 1.82) is 0 Å². The Bertz CT molecular complexity index is 510. The largest absolute Gasteiger partial charge is 0.478 e. The topological polar surface area (TPSA) is 54.4 Å². The lowest BCUT2D eigenvalue weighted by Crippen LogP contribution is -2.00. The summed E-state index contributed by atoms with van der Waals surface area (Å²) in [6.45, 7) is 0. The van der Waals surface area contributed by atoms with Crippen molar-refractivity contribution in [3.63, 3.8) is 0 Å². The predicted octanol–water partition coefficient (Wildman–Crippen LogP) is 3.47. The van der Waals surface area contributed by atoms with Crippen LogP contribution in [-0.4, -0.2) is 16.2 Å². The lowest BCUT2D eigenvalue weighted by Gasteiger charge is -2.03. The van der Waals surface area contributed by atoms with Crippen molar-refractivity contribution in [1.82, 2.24) is 0 Å². The van der Waals surface area contributed by atoms with E-state index in [1.807, 2.05) is 0 Å². The van der Waals surface area contributed by atoms with Gasteiger partial charge in [-0.15, -0.1) is 0 Å². The van der Waals surface area contributed by atoms with E-state index >= 15 is 0 Å². The second-order valence-electron chi connectivity index (χ2n) is 3.12. The molecule has 0 aliphatic rings. The van der Waals surface area contributed by atoms with E-state index in [1.54, 1.807) is 0 Å². The van der Waals surface area contributed by atoms with E-state index in [-0.39, 0.29) is 10.5 Å². The van der Waals surface area contributed by atoms with Crippen LogP contribution < -0.4 is 0 Å². The number of hydrogen-bond acceptors (Lipinski definition) is 3. The monoisotopic (exact) mass is 276 g/mol. The van der Waals surface area contributed by atoms with E-state index in [0.29, 0.717) is 11.8 Å². The molecule has 3 nitrogen and oxygen atoms in total. The number of hydrogen-bond donors (Lipinski definition) is 1. The second kappa shape index (κ2) is 6.25. The molecule has 7 heteroatoms. The fraction of sp³-hybridized carbons (Fsp3) is 0.0909. The summed E-state index contributed by atoms with van der Waals surface area (Å²) in [5.74, 6) is -3.06. The SMILES string of the molecule is O=C(CC(F)=C(F)F)Sc1ccccc1C(=O)O. The fourth-order valence-corrected chi connectivity index (χ4v) is 1.94. The maximum atomic E-state index is 12.5. The summed E-state index contributed by atoms with van der Waals surface area (Å²) >= 11 is 0.417. The molecule has 0 saturated carbocycles. The Morgan fingerprint density at radius 3 is 2.33 bits per heavy atom.